The van der Waals surface area contributed by atoms with Crippen LogP contribution in [0, 0.1) is 0 Å². The number of hydrogen-bond donors (Lipinski definition) is 1. The van der Waals surface area contributed by atoms with Crippen LogP contribution < -0.4 is 5.73 Å². The molecule has 0 spiro atoms. The van der Waals surface area contributed by atoms with Crippen LogP contribution in [0.3, 0.4) is 0 Å². The van der Waals surface area contributed by atoms with Gasteiger partial charge in [-0.25, -0.2) is 0 Å². The molecular formula is C15H13N3O. The first-order chi connectivity index (χ1) is 9.25. The molecule has 0 bridgehead atoms. The Hall–Kier alpha value is -2.49. The predicted octanol–water partition coefficient (Wildman–Crippen LogP) is 2.94. The number of nitrogens with two attached hydrogens (primary N) is 1. The van der Waals surface area contributed by atoms with E-state index >= 15 is 0 Å². The van der Waals surface area contributed by atoms with E-state index < -0.39 is 0 Å². The molecule has 0 saturated heterocycles. The minimum Gasteiger partial charge on any atom is -0.382 e. The lowest BCUT2D eigenvalue weighted by atomic mass is 9.98. The molecule has 4 heteroatoms. The maximum Gasteiger partial charge on any atom is 0.295 e. The molecule has 4 nitrogen and oxygen atoms in total. The summed E-state index contributed by atoms with van der Waals surface area (Å²) >= 11 is 0. The third-order valence-corrected chi connectivity index (χ3v) is 3.34. The number of aryl methyl sites for hydroxylation is 1. The Morgan fingerprint density at radius 1 is 0.947 bits per heavy atom. The fourth-order valence-electron chi connectivity index (χ4n) is 2.33. The van der Waals surface area contributed by atoms with Crippen LogP contribution in [0.1, 0.15) is 12.0 Å². The number of carbonyl (C=O) groups is 1. The van der Waals surface area contributed by atoms with Gasteiger partial charge in [-0.15, -0.1) is 10.2 Å². The van der Waals surface area contributed by atoms with Crippen molar-refractivity contribution in [2.24, 2.45) is 16.0 Å². The second-order valence-electron chi connectivity index (χ2n) is 4.51. The fraction of sp³-hybridized carbons (Fsp3) is 0.133. The quantitative estimate of drug-likeness (QED) is 0.911. The molecule has 1 aliphatic rings. The van der Waals surface area contributed by atoms with Crippen molar-refractivity contribution in [1.29, 1.82) is 0 Å². The van der Waals surface area contributed by atoms with Crippen LogP contribution in [-0.4, -0.2) is 5.91 Å². The number of azo groups is 1. The van der Waals surface area contributed by atoms with E-state index in [9.17, 15) is 4.79 Å². The molecule has 0 atom stereocenters. The Morgan fingerprint density at radius 3 is 2.53 bits per heavy atom. The molecule has 1 amide bonds. The molecule has 0 fully saturated rings. The zero-order valence-corrected chi connectivity index (χ0v) is 10.3. The summed E-state index contributed by atoms with van der Waals surface area (Å²) < 4.78 is 0. The van der Waals surface area contributed by atoms with Crippen LogP contribution in [0.15, 0.2) is 64.1 Å². The SMILES string of the molecule is NC1=C(CCc2cccc3ccccc23)C(=O)N=N1. The molecule has 2 N–H and O–H groups in total. The monoisotopic (exact) mass is 251 g/mol. The summed E-state index contributed by atoms with van der Waals surface area (Å²) in [6.45, 7) is 0. The van der Waals surface area contributed by atoms with Gasteiger partial charge < -0.3 is 5.73 Å². The van der Waals surface area contributed by atoms with Gasteiger partial charge in [-0.05, 0) is 29.2 Å². The van der Waals surface area contributed by atoms with Crippen LogP contribution in [0.5, 0.6) is 0 Å². The minimum absolute atomic E-state index is 0.255. The van der Waals surface area contributed by atoms with E-state index in [0.29, 0.717) is 12.0 Å². The van der Waals surface area contributed by atoms with Gasteiger partial charge in [-0.3, -0.25) is 4.79 Å². The highest BCUT2D eigenvalue weighted by Gasteiger charge is 2.19. The van der Waals surface area contributed by atoms with Gasteiger partial charge in [0.25, 0.3) is 5.91 Å². The van der Waals surface area contributed by atoms with E-state index in [2.05, 4.69) is 34.5 Å². The maximum absolute atomic E-state index is 11.5. The van der Waals surface area contributed by atoms with Crippen LogP contribution >= 0.6 is 0 Å². The summed E-state index contributed by atoms with van der Waals surface area (Å²) in [5, 5.41) is 9.48. The van der Waals surface area contributed by atoms with Gasteiger partial charge in [0, 0.05) is 0 Å². The Bertz CT molecular complexity index is 711. The van der Waals surface area contributed by atoms with Crippen molar-refractivity contribution < 1.29 is 4.79 Å². The Morgan fingerprint density at radius 2 is 1.74 bits per heavy atom. The number of rotatable bonds is 3. The average molecular weight is 251 g/mol. The zero-order chi connectivity index (χ0) is 13.2. The van der Waals surface area contributed by atoms with Crippen molar-refractivity contribution in [2.45, 2.75) is 12.8 Å². The largest absolute Gasteiger partial charge is 0.382 e. The molecule has 19 heavy (non-hydrogen) atoms. The standard InChI is InChI=1S/C15H13N3O/c16-14-13(15(19)18-17-14)9-8-11-6-3-5-10-4-1-2-7-12(10)11/h1-7H,8-9,16H2. The van der Waals surface area contributed by atoms with Gasteiger partial charge in [-0.2, -0.15) is 0 Å². The minimum atomic E-state index is -0.308. The Balaban J connectivity index is 1.87. The molecule has 3 rings (SSSR count). The summed E-state index contributed by atoms with van der Waals surface area (Å²) in [6.07, 6.45) is 1.33. The van der Waals surface area contributed by atoms with E-state index in [4.69, 9.17) is 5.73 Å². The van der Waals surface area contributed by atoms with Gasteiger partial charge in [0.2, 0.25) is 0 Å². The number of nitrogens with zero attached hydrogens (tertiary/aromatic N) is 2. The molecule has 2 aromatic rings. The van der Waals surface area contributed by atoms with E-state index in [1.165, 1.54) is 16.3 Å². The molecule has 0 saturated carbocycles. The Kier molecular flexibility index (Phi) is 2.83. The molecule has 1 heterocycles. The van der Waals surface area contributed by atoms with E-state index in [1.807, 2.05) is 18.2 Å². The van der Waals surface area contributed by atoms with Crippen LogP contribution in [0.25, 0.3) is 10.8 Å². The summed E-state index contributed by atoms with van der Waals surface area (Å²) in [5.74, 6) is -0.0528. The first-order valence-corrected chi connectivity index (χ1v) is 6.17. The average Bonchev–Trinajstić information content (AvgIpc) is 2.76. The summed E-state index contributed by atoms with van der Waals surface area (Å²) in [5.41, 5.74) is 7.37. The lowest BCUT2D eigenvalue weighted by molar-refractivity contribution is -0.114. The Labute approximate surface area is 110 Å². The highest BCUT2D eigenvalue weighted by molar-refractivity contribution is 5.96. The second kappa shape index (κ2) is 4.65. The smallest absolute Gasteiger partial charge is 0.295 e. The van der Waals surface area contributed by atoms with Crippen LogP contribution in [0.4, 0.5) is 0 Å². The van der Waals surface area contributed by atoms with E-state index in [-0.39, 0.29) is 11.7 Å². The van der Waals surface area contributed by atoms with Gasteiger partial charge in [-0.1, -0.05) is 42.5 Å². The van der Waals surface area contributed by atoms with Crippen molar-refractivity contribution in [3.63, 3.8) is 0 Å². The molecule has 0 aliphatic carbocycles. The molecule has 0 radical (unpaired) electrons. The third kappa shape index (κ3) is 2.12. The van der Waals surface area contributed by atoms with Crippen molar-refractivity contribution >= 4 is 16.7 Å². The highest BCUT2D eigenvalue weighted by atomic mass is 16.2. The van der Waals surface area contributed by atoms with Crippen molar-refractivity contribution in [3.05, 3.63) is 59.4 Å². The predicted molar refractivity (Wildman–Crippen MR) is 73.3 cm³/mol. The lowest BCUT2D eigenvalue weighted by Gasteiger charge is -2.06. The number of fused-ring (bicyclic) bond motifs is 1. The van der Waals surface area contributed by atoms with Crippen molar-refractivity contribution in [1.82, 2.24) is 0 Å². The molecular weight excluding hydrogens is 238 g/mol. The lowest BCUT2D eigenvalue weighted by Crippen LogP contribution is -2.03. The molecule has 94 valence electrons. The van der Waals surface area contributed by atoms with Gasteiger partial charge in [0.15, 0.2) is 5.82 Å². The normalized spacial score (nSPS) is 14.6. The topological polar surface area (TPSA) is 67.8 Å². The summed E-state index contributed by atoms with van der Waals surface area (Å²) in [4.78, 5) is 11.5. The van der Waals surface area contributed by atoms with Gasteiger partial charge in [0.05, 0.1) is 5.57 Å². The molecule has 1 aliphatic heterocycles. The van der Waals surface area contributed by atoms with Crippen LogP contribution in [-0.2, 0) is 11.2 Å². The fourth-order valence-corrected chi connectivity index (χ4v) is 2.33. The van der Waals surface area contributed by atoms with Gasteiger partial charge >= 0.3 is 0 Å². The number of carbonyl (C=O) groups excluding carboxylic acids is 1. The van der Waals surface area contributed by atoms with Crippen molar-refractivity contribution in [3.8, 4) is 0 Å². The summed E-state index contributed by atoms with van der Waals surface area (Å²) in [7, 11) is 0. The highest BCUT2D eigenvalue weighted by Crippen LogP contribution is 2.23. The van der Waals surface area contributed by atoms with Crippen molar-refractivity contribution in [2.75, 3.05) is 0 Å². The first-order valence-electron chi connectivity index (χ1n) is 6.17. The maximum atomic E-state index is 11.5. The van der Waals surface area contributed by atoms with E-state index in [0.717, 1.165) is 6.42 Å². The first kappa shape index (κ1) is 11.6. The molecule has 2 aromatic carbocycles. The number of amides is 1. The zero-order valence-electron chi connectivity index (χ0n) is 10.3. The summed E-state index contributed by atoms with van der Waals surface area (Å²) in [6, 6.07) is 14.4. The molecule has 0 aromatic heterocycles. The number of benzene rings is 2. The molecule has 0 unspecified atom stereocenters. The third-order valence-electron chi connectivity index (χ3n) is 3.34. The van der Waals surface area contributed by atoms with E-state index in [1.54, 1.807) is 0 Å². The number of hydrogen-bond acceptors (Lipinski definition) is 3. The van der Waals surface area contributed by atoms with Gasteiger partial charge in [0.1, 0.15) is 0 Å². The van der Waals surface area contributed by atoms with Crippen LogP contribution in [0.2, 0.25) is 0 Å². The second-order valence-corrected chi connectivity index (χ2v) is 4.51.